The normalized spacial score (nSPS) is 13.8. The first-order valence-electron chi connectivity index (χ1n) is 9.38. The highest BCUT2D eigenvalue weighted by atomic mass is 16.5. The van der Waals surface area contributed by atoms with Gasteiger partial charge in [0.1, 0.15) is 6.04 Å². The van der Waals surface area contributed by atoms with Gasteiger partial charge in [-0.05, 0) is 36.1 Å². The Morgan fingerprint density at radius 2 is 1.71 bits per heavy atom. The largest absolute Gasteiger partial charge is 0.454 e. The molecule has 0 aliphatic carbocycles. The third kappa shape index (κ3) is 4.39. The van der Waals surface area contributed by atoms with Crippen molar-refractivity contribution in [2.24, 2.45) is 5.92 Å². The molecule has 1 unspecified atom stereocenters. The van der Waals surface area contributed by atoms with Gasteiger partial charge in [-0.25, -0.2) is 4.79 Å². The van der Waals surface area contributed by atoms with Crippen molar-refractivity contribution in [3.05, 3.63) is 65.7 Å². The number of ether oxygens (including phenoxy) is 1. The molecule has 6 nitrogen and oxygen atoms in total. The summed E-state index contributed by atoms with van der Waals surface area (Å²) in [5, 5.41) is 2.70. The van der Waals surface area contributed by atoms with Crippen LogP contribution in [0.5, 0.6) is 0 Å². The van der Waals surface area contributed by atoms with Crippen molar-refractivity contribution in [1.29, 1.82) is 0 Å². The van der Waals surface area contributed by atoms with E-state index in [4.69, 9.17) is 4.74 Å². The Balaban J connectivity index is 1.59. The summed E-state index contributed by atoms with van der Waals surface area (Å²) in [5.41, 5.74) is 2.43. The van der Waals surface area contributed by atoms with Gasteiger partial charge in [0.05, 0.1) is 0 Å². The molecule has 1 heterocycles. The standard InChI is InChI=1S/C22H24N2O4/c1-15(2)20(23-21(26)17-9-4-3-5-10-17)22(27)28-14-19(25)24-13-12-16-8-6-7-11-18(16)24/h3-11,15,20H,12-14H2,1-2H3,(H,23,26). The number of carbonyl (C=O) groups is 3. The number of para-hydroxylation sites is 1. The van der Waals surface area contributed by atoms with Crippen LogP contribution in [0.25, 0.3) is 0 Å². The van der Waals surface area contributed by atoms with E-state index in [0.29, 0.717) is 12.1 Å². The van der Waals surface area contributed by atoms with Crippen molar-refractivity contribution in [2.45, 2.75) is 26.3 Å². The maximum atomic E-state index is 12.5. The Morgan fingerprint density at radius 1 is 1.04 bits per heavy atom. The highest BCUT2D eigenvalue weighted by molar-refractivity contribution is 5.99. The van der Waals surface area contributed by atoms with Gasteiger partial charge in [0.15, 0.2) is 6.61 Å². The van der Waals surface area contributed by atoms with Crippen molar-refractivity contribution < 1.29 is 19.1 Å². The summed E-state index contributed by atoms with van der Waals surface area (Å²) in [6.45, 7) is 3.86. The summed E-state index contributed by atoms with van der Waals surface area (Å²) in [7, 11) is 0. The maximum absolute atomic E-state index is 12.5. The maximum Gasteiger partial charge on any atom is 0.329 e. The van der Waals surface area contributed by atoms with E-state index in [0.717, 1.165) is 17.7 Å². The zero-order valence-electron chi connectivity index (χ0n) is 16.1. The minimum Gasteiger partial charge on any atom is -0.454 e. The molecule has 0 saturated carbocycles. The third-order valence-corrected chi connectivity index (χ3v) is 4.77. The fourth-order valence-corrected chi connectivity index (χ4v) is 3.21. The number of anilines is 1. The number of hydrogen-bond donors (Lipinski definition) is 1. The molecule has 1 atom stereocenters. The van der Waals surface area contributed by atoms with Crippen molar-refractivity contribution >= 4 is 23.5 Å². The lowest BCUT2D eigenvalue weighted by atomic mass is 10.0. The summed E-state index contributed by atoms with van der Waals surface area (Å²) in [6.07, 6.45) is 0.789. The van der Waals surface area contributed by atoms with E-state index in [1.54, 1.807) is 29.2 Å². The van der Waals surface area contributed by atoms with E-state index in [1.165, 1.54) is 0 Å². The van der Waals surface area contributed by atoms with Crippen LogP contribution in [0.4, 0.5) is 5.69 Å². The van der Waals surface area contributed by atoms with Crippen LogP contribution in [0, 0.1) is 5.92 Å². The number of hydrogen-bond acceptors (Lipinski definition) is 4. The first-order chi connectivity index (χ1) is 13.5. The van der Waals surface area contributed by atoms with Crippen molar-refractivity contribution in [3.8, 4) is 0 Å². The molecule has 0 aromatic heterocycles. The number of nitrogens with one attached hydrogen (secondary N) is 1. The molecule has 0 radical (unpaired) electrons. The molecule has 0 spiro atoms. The fourth-order valence-electron chi connectivity index (χ4n) is 3.21. The number of esters is 1. The summed E-state index contributed by atoms with van der Waals surface area (Å²) in [4.78, 5) is 39.0. The predicted octanol–water partition coefficient (Wildman–Crippen LogP) is 2.57. The van der Waals surface area contributed by atoms with Gasteiger partial charge in [0, 0.05) is 17.8 Å². The van der Waals surface area contributed by atoms with E-state index in [1.807, 2.05) is 44.2 Å². The van der Waals surface area contributed by atoms with Crippen LogP contribution in [0.3, 0.4) is 0 Å². The number of fused-ring (bicyclic) bond motifs is 1. The van der Waals surface area contributed by atoms with E-state index in [-0.39, 0.29) is 24.3 Å². The smallest absolute Gasteiger partial charge is 0.329 e. The Kier molecular flexibility index (Phi) is 6.09. The van der Waals surface area contributed by atoms with Gasteiger partial charge >= 0.3 is 5.97 Å². The van der Waals surface area contributed by atoms with Gasteiger partial charge in [-0.2, -0.15) is 0 Å². The minimum atomic E-state index is -0.827. The molecule has 1 aliphatic rings. The molecule has 1 N–H and O–H groups in total. The average molecular weight is 380 g/mol. The van der Waals surface area contributed by atoms with E-state index < -0.39 is 12.0 Å². The Morgan fingerprint density at radius 3 is 2.43 bits per heavy atom. The SMILES string of the molecule is CC(C)C(NC(=O)c1ccccc1)C(=O)OCC(=O)N1CCc2ccccc21. The van der Waals surface area contributed by atoms with Crippen molar-refractivity contribution in [3.63, 3.8) is 0 Å². The van der Waals surface area contributed by atoms with Crippen molar-refractivity contribution in [2.75, 3.05) is 18.1 Å². The van der Waals surface area contributed by atoms with Crippen LogP contribution < -0.4 is 10.2 Å². The van der Waals surface area contributed by atoms with Gasteiger partial charge in [-0.15, -0.1) is 0 Å². The van der Waals surface area contributed by atoms with Gasteiger partial charge in [0.2, 0.25) is 0 Å². The zero-order valence-corrected chi connectivity index (χ0v) is 16.1. The number of nitrogens with zero attached hydrogens (tertiary/aromatic N) is 1. The molecule has 0 saturated heterocycles. The van der Waals surface area contributed by atoms with E-state index in [2.05, 4.69) is 5.32 Å². The number of benzene rings is 2. The van der Waals surface area contributed by atoms with Crippen LogP contribution in [-0.2, 0) is 20.7 Å². The Bertz CT molecular complexity index is 864. The molecular weight excluding hydrogens is 356 g/mol. The highest BCUT2D eigenvalue weighted by Crippen LogP contribution is 2.27. The summed E-state index contributed by atoms with van der Waals surface area (Å²) in [5.74, 6) is -1.41. The van der Waals surface area contributed by atoms with Crippen molar-refractivity contribution in [1.82, 2.24) is 5.32 Å². The lowest BCUT2D eigenvalue weighted by Gasteiger charge is -2.22. The van der Waals surface area contributed by atoms with Gasteiger partial charge < -0.3 is 15.0 Å². The molecule has 2 aromatic carbocycles. The number of carbonyl (C=O) groups excluding carboxylic acids is 3. The summed E-state index contributed by atoms with van der Waals surface area (Å²) in [6, 6.07) is 15.5. The van der Waals surface area contributed by atoms with E-state index >= 15 is 0 Å². The predicted molar refractivity (Wildman–Crippen MR) is 106 cm³/mol. The second kappa shape index (κ2) is 8.69. The first kappa shape index (κ1) is 19.6. The molecule has 28 heavy (non-hydrogen) atoms. The average Bonchev–Trinajstić information content (AvgIpc) is 3.14. The number of amides is 2. The molecule has 6 heteroatoms. The molecule has 0 bridgehead atoms. The van der Waals surface area contributed by atoms with Crippen LogP contribution in [0.1, 0.15) is 29.8 Å². The second-order valence-electron chi connectivity index (χ2n) is 7.09. The van der Waals surface area contributed by atoms with Gasteiger partial charge in [-0.1, -0.05) is 50.2 Å². The lowest BCUT2D eigenvalue weighted by molar-refractivity contribution is -0.150. The quantitative estimate of drug-likeness (QED) is 0.782. The van der Waals surface area contributed by atoms with E-state index in [9.17, 15) is 14.4 Å². The topological polar surface area (TPSA) is 75.7 Å². The molecule has 3 rings (SSSR count). The van der Waals surface area contributed by atoms with Gasteiger partial charge in [-0.3, -0.25) is 9.59 Å². The van der Waals surface area contributed by atoms with Crippen LogP contribution in [0.15, 0.2) is 54.6 Å². The minimum absolute atomic E-state index is 0.178. The molecule has 1 aliphatic heterocycles. The Hall–Kier alpha value is -3.15. The monoisotopic (exact) mass is 380 g/mol. The first-order valence-corrected chi connectivity index (χ1v) is 9.38. The summed E-state index contributed by atoms with van der Waals surface area (Å²) < 4.78 is 5.25. The summed E-state index contributed by atoms with van der Waals surface area (Å²) >= 11 is 0. The molecule has 2 aromatic rings. The Labute approximate surface area is 164 Å². The van der Waals surface area contributed by atoms with Crippen LogP contribution >= 0.6 is 0 Å². The van der Waals surface area contributed by atoms with Crippen LogP contribution in [-0.4, -0.2) is 37.0 Å². The fraction of sp³-hybridized carbons (Fsp3) is 0.318. The second-order valence-corrected chi connectivity index (χ2v) is 7.09. The number of rotatable bonds is 6. The molecule has 146 valence electrons. The highest BCUT2D eigenvalue weighted by Gasteiger charge is 2.29. The van der Waals surface area contributed by atoms with Crippen LogP contribution in [0.2, 0.25) is 0 Å². The molecule has 2 amide bonds. The third-order valence-electron chi connectivity index (χ3n) is 4.77. The lowest BCUT2D eigenvalue weighted by Crippen LogP contribution is -2.46. The molecule has 0 fully saturated rings. The molecular formula is C22H24N2O4. The zero-order chi connectivity index (χ0) is 20.1. The van der Waals surface area contributed by atoms with Gasteiger partial charge in [0.25, 0.3) is 11.8 Å².